The van der Waals surface area contributed by atoms with Gasteiger partial charge in [-0.2, -0.15) is 0 Å². The Hall–Kier alpha value is -1.94. The van der Waals surface area contributed by atoms with Crippen molar-refractivity contribution in [1.82, 2.24) is 9.97 Å². The van der Waals surface area contributed by atoms with E-state index in [1.165, 1.54) is 15.9 Å². The van der Waals surface area contributed by atoms with Crippen LogP contribution < -0.4 is 5.32 Å². The number of nitrogens with one attached hydrogen (secondary N) is 2. The topological polar surface area (TPSA) is 40.7 Å². The lowest BCUT2D eigenvalue weighted by atomic mass is 10.3. The lowest BCUT2D eigenvalue weighted by molar-refractivity contribution is 1.15. The Bertz CT molecular complexity index is 657. The number of hydrogen-bond acceptors (Lipinski definition) is 3. The van der Waals surface area contributed by atoms with E-state index >= 15 is 0 Å². The molecule has 1 aromatic carbocycles. The predicted octanol–water partition coefficient (Wildman–Crippen LogP) is 3.90. The van der Waals surface area contributed by atoms with Gasteiger partial charge in [0.2, 0.25) is 0 Å². The van der Waals surface area contributed by atoms with Crippen molar-refractivity contribution in [3.63, 3.8) is 0 Å². The van der Waals surface area contributed by atoms with Gasteiger partial charge in [0.1, 0.15) is 5.82 Å². The Morgan fingerprint density at radius 2 is 2.05 bits per heavy atom. The van der Waals surface area contributed by atoms with E-state index in [9.17, 15) is 0 Å². The van der Waals surface area contributed by atoms with Crippen molar-refractivity contribution in [2.24, 2.45) is 0 Å². The van der Waals surface area contributed by atoms with Gasteiger partial charge in [-0.1, -0.05) is 24.3 Å². The van der Waals surface area contributed by atoms with Crippen LogP contribution in [0.1, 0.15) is 5.69 Å². The van der Waals surface area contributed by atoms with E-state index in [1.54, 1.807) is 11.8 Å². The van der Waals surface area contributed by atoms with Crippen LogP contribution >= 0.6 is 11.8 Å². The smallest absolute Gasteiger partial charge is 0.125 e. The first-order valence-corrected chi connectivity index (χ1v) is 7.18. The average molecular weight is 269 g/mol. The van der Waals surface area contributed by atoms with E-state index in [0.29, 0.717) is 0 Å². The second-order valence-corrected chi connectivity index (χ2v) is 5.29. The van der Waals surface area contributed by atoms with Gasteiger partial charge in [-0.15, -0.1) is 11.8 Å². The number of H-pyrrole nitrogens is 1. The van der Waals surface area contributed by atoms with Crippen LogP contribution in [0.3, 0.4) is 0 Å². The number of fused-ring (bicyclic) bond motifs is 1. The summed E-state index contributed by atoms with van der Waals surface area (Å²) in [5, 5.41) is 5.49. The van der Waals surface area contributed by atoms with Crippen LogP contribution in [0.15, 0.2) is 53.6 Å². The van der Waals surface area contributed by atoms with E-state index in [0.717, 1.165) is 17.3 Å². The lowest BCUT2D eigenvalue weighted by Crippen LogP contribution is -1.94. The van der Waals surface area contributed by atoms with Crippen molar-refractivity contribution < 1.29 is 0 Å². The first-order chi connectivity index (χ1) is 9.35. The molecular formula is C15H15N3S. The number of aromatic nitrogens is 2. The Morgan fingerprint density at radius 1 is 1.16 bits per heavy atom. The lowest BCUT2D eigenvalue weighted by Gasteiger charge is -2.02. The molecule has 0 unspecified atom stereocenters. The van der Waals surface area contributed by atoms with Gasteiger partial charge >= 0.3 is 0 Å². The van der Waals surface area contributed by atoms with E-state index < -0.39 is 0 Å². The number of anilines is 1. The van der Waals surface area contributed by atoms with Gasteiger partial charge in [-0.05, 0) is 24.3 Å². The molecule has 3 rings (SSSR count). The molecule has 3 aromatic rings. The van der Waals surface area contributed by atoms with E-state index in [1.807, 2.05) is 25.2 Å². The summed E-state index contributed by atoms with van der Waals surface area (Å²) in [6.45, 7) is 0. The van der Waals surface area contributed by atoms with Gasteiger partial charge in [0.15, 0.2) is 0 Å². The van der Waals surface area contributed by atoms with Crippen molar-refractivity contribution in [2.45, 2.75) is 10.8 Å². The molecule has 2 heterocycles. The Balaban J connectivity index is 1.74. The zero-order chi connectivity index (χ0) is 13.1. The molecule has 19 heavy (non-hydrogen) atoms. The van der Waals surface area contributed by atoms with Crippen LogP contribution in [0.25, 0.3) is 10.9 Å². The molecule has 96 valence electrons. The summed E-state index contributed by atoms with van der Waals surface area (Å²) >= 11 is 1.77. The van der Waals surface area contributed by atoms with Gasteiger partial charge in [0, 0.05) is 23.7 Å². The normalized spacial score (nSPS) is 10.8. The van der Waals surface area contributed by atoms with Crippen molar-refractivity contribution in [3.8, 4) is 0 Å². The quantitative estimate of drug-likeness (QED) is 0.706. The van der Waals surface area contributed by atoms with Crippen LogP contribution in [0.4, 0.5) is 5.82 Å². The molecule has 0 aliphatic heterocycles. The van der Waals surface area contributed by atoms with Crippen molar-refractivity contribution in [2.75, 3.05) is 12.4 Å². The second kappa shape index (κ2) is 5.36. The monoisotopic (exact) mass is 269 g/mol. The van der Waals surface area contributed by atoms with Crippen molar-refractivity contribution >= 4 is 28.5 Å². The van der Waals surface area contributed by atoms with Gasteiger partial charge in [-0.25, -0.2) is 4.98 Å². The number of aromatic amines is 1. The SMILES string of the molecule is CNc1cccc(CSc2cc3ccccc3[nH]2)n1. The minimum Gasteiger partial charge on any atom is -0.373 e. The Kier molecular flexibility index (Phi) is 3.42. The number of benzene rings is 1. The number of rotatable bonds is 4. The summed E-state index contributed by atoms with van der Waals surface area (Å²) < 4.78 is 0. The molecule has 0 atom stereocenters. The maximum atomic E-state index is 4.51. The summed E-state index contributed by atoms with van der Waals surface area (Å²) in [6.07, 6.45) is 0. The minimum atomic E-state index is 0.863. The molecule has 0 radical (unpaired) electrons. The van der Waals surface area contributed by atoms with Crippen LogP contribution in [0.2, 0.25) is 0 Å². The predicted molar refractivity (Wildman–Crippen MR) is 81.6 cm³/mol. The second-order valence-electron chi connectivity index (χ2n) is 4.27. The highest BCUT2D eigenvalue weighted by molar-refractivity contribution is 7.98. The molecule has 0 saturated carbocycles. The fourth-order valence-corrected chi connectivity index (χ4v) is 2.83. The summed E-state index contributed by atoms with van der Waals surface area (Å²) in [7, 11) is 1.89. The number of para-hydroxylation sites is 1. The van der Waals surface area contributed by atoms with Gasteiger partial charge in [-0.3, -0.25) is 0 Å². The molecule has 4 heteroatoms. The molecule has 0 bridgehead atoms. The molecule has 2 aromatic heterocycles. The first kappa shape index (κ1) is 12.1. The summed E-state index contributed by atoms with van der Waals surface area (Å²) in [5.41, 5.74) is 2.26. The molecule has 3 nitrogen and oxygen atoms in total. The van der Waals surface area contributed by atoms with Crippen LogP contribution in [-0.2, 0) is 5.75 Å². The van der Waals surface area contributed by atoms with Crippen molar-refractivity contribution in [3.05, 3.63) is 54.2 Å². The maximum Gasteiger partial charge on any atom is 0.125 e. The summed E-state index contributed by atoms with van der Waals surface area (Å²) in [4.78, 5) is 7.93. The average Bonchev–Trinajstić information content (AvgIpc) is 2.88. The number of pyridine rings is 1. The molecule has 0 aliphatic carbocycles. The maximum absolute atomic E-state index is 4.51. The molecule has 0 saturated heterocycles. The molecule has 0 aliphatic rings. The Morgan fingerprint density at radius 3 is 2.89 bits per heavy atom. The zero-order valence-electron chi connectivity index (χ0n) is 10.7. The highest BCUT2D eigenvalue weighted by atomic mass is 32.2. The standard InChI is InChI=1S/C15H15N3S/c1-16-14-8-4-6-12(17-14)10-19-15-9-11-5-2-3-7-13(11)18-15/h2-9,18H,10H2,1H3,(H,16,17). The Labute approximate surface area is 116 Å². The number of nitrogens with zero attached hydrogens (tertiary/aromatic N) is 1. The van der Waals surface area contributed by atoms with Gasteiger partial charge < -0.3 is 10.3 Å². The molecular weight excluding hydrogens is 254 g/mol. The highest BCUT2D eigenvalue weighted by Gasteiger charge is 2.02. The van der Waals surface area contributed by atoms with Crippen LogP contribution in [0.5, 0.6) is 0 Å². The number of hydrogen-bond donors (Lipinski definition) is 2. The van der Waals surface area contributed by atoms with Crippen LogP contribution in [0, 0.1) is 0 Å². The zero-order valence-corrected chi connectivity index (χ0v) is 11.5. The van der Waals surface area contributed by atoms with Crippen LogP contribution in [-0.4, -0.2) is 17.0 Å². The van der Waals surface area contributed by atoms with E-state index in [-0.39, 0.29) is 0 Å². The van der Waals surface area contributed by atoms with Gasteiger partial charge in [0.25, 0.3) is 0 Å². The third kappa shape index (κ3) is 2.74. The number of thioether (sulfide) groups is 1. The molecule has 2 N–H and O–H groups in total. The van der Waals surface area contributed by atoms with E-state index in [2.05, 4.69) is 45.6 Å². The summed E-state index contributed by atoms with van der Waals surface area (Å²) in [6, 6.07) is 16.6. The first-order valence-electron chi connectivity index (χ1n) is 6.19. The highest BCUT2D eigenvalue weighted by Crippen LogP contribution is 2.25. The molecule has 0 spiro atoms. The minimum absolute atomic E-state index is 0.863. The van der Waals surface area contributed by atoms with Gasteiger partial charge in [0.05, 0.1) is 10.7 Å². The fourth-order valence-electron chi connectivity index (χ4n) is 1.98. The van der Waals surface area contributed by atoms with Crippen molar-refractivity contribution in [1.29, 1.82) is 0 Å². The molecule has 0 fully saturated rings. The third-order valence-electron chi connectivity index (χ3n) is 2.94. The third-order valence-corrected chi connectivity index (χ3v) is 3.91. The summed E-state index contributed by atoms with van der Waals surface area (Å²) in [5.74, 6) is 1.78. The molecule has 0 amide bonds. The van der Waals surface area contributed by atoms with E-state index in [4.69, 9.17) is 0 Å². The largest absolute Gasteiger partial charge is 0.373 e. The fraction of sp³-hybridized carbons (Fsp3) is 0.133.